The largest absolute Gasteiger partial charge is 0.469 e. The third-order valence-corrected chi connectivity index (χ3v) is 3.17. The van der Waals surface area contributed by atoms with Crippen molar-refractivity contribution in [2.45, 2.75) is 25.2 Å². The third kappa shape index (κ3) is 2.59. The Balaban J connectivity index is 2.23. The second-order valence-electron chi connectivity index (χ2n) is 4.35. The fourth-order valence-electron chi connectivity index (χ4n) is 2.13. The van der Waals surface area contributed by atoms with E-state index in [0.29, 0.717) is 23.2 Å². The van der Waals surface area contributed by atoms with Crippen LogP contribution in [0.1, 0.15) is 34.0 Å². The van der Waals surface area contributed by atoms with Crippen LogP contribution in [0, 0.1) is 0 Å². The Morgan fingerprint density at radius 3 is 2.89 bits per heavy atom. The molecule has 102 valence electrons. The fraction of sp³-hybridized carbons (Fsp3) is 0.385. The van der Waals surface area contributed by atoms with Gasteiger partial charge in [0.2, 0.25) is 0 Å². The lowest BCUT2D eigenvalue weighted by molar-refractivity contribution is -0.144. The first-order valence-electron chi connectivity index (χ1n) is 5.87. The van der Waals surface area contributed by atoms with Crippen LogP contribution in [0.2, 0.25) is 0 Å². The molecule has 1 aliphatic rings. The van der Waals surface area contributed by atoms with Gasteiger partial charge >= 0.3 is 5.97 Å². The first-order valence-corrected chi connectivity index (χ1v) is 5.87. The number of methoxy groups -OCH3 is 1. The number of rotatable bonds is 4. The predicted octanol–water partition coefficient (Wildman–Crippen LogP) is -0.113. The molecule has 1 heterocycles. The van der Waals surface area contributed by atoms with Crippen molar-refractivity contribution >= 4 is 11.9 Å². The minimum atomic E-state index is -1.27. The van der Waals surface area contributed by atoms with Crippen LogP contribution < -0.4 is 5.32 Å². The van der Waals surface area contributed by atoms with E-state index in [4.69, 9.17) is 0 Å². The smallest absolute Gasteiger partial charge is 0.308 e. The first kappa shape index (κ1) is 13.5. The lowest BCUT2D eigenvalue weighted by Crippen LogP contribution is -2.23. The molecule has 6 heteroatoms. The number of carbonyl (C=O) groups excluding carboxylic acids is 2. The van der Waals surface area contributed by atoms with Crippen LogP contribution >= 0.6 is 0 Å². The van der Waals surface area contributed by atoms with Gasteiger partial charge < -0.3 is 20.3 Å². The van der Waals surface area contributed by atoms with Gasteiger partial charge in [0.15, 0.2) is 0 Å². The zero-order chi connectivity index (χ0) is 14.0. The molecule has 6 nitrogen and oxygen atoms in total. The summed E-state index contributed by atoms with van der Waals surface area (Å²) < 4.78 is 4.44. The number of carbonyl (C=O) groups is 2. The molecule has 2 unspecified atom stereocenters. The van der Waals surface area contributed by atoms with Crippen LogP contribution in [-0.2, 0) is 16.1 Å². The highest BCUT2D eigenvalue weighted by Crippen LogP contribution is 2.28. The summed E-state index contributed by atoms with van der Waals surface area (Å²) in [5.41, 5.74) is 1.60. The summed E-state index contributed by atoms with van der Waals surface area (Å²) in [6.45, 7) is 0.312. The SMILES string of the molecule is COC(=O)CC(O)C(O)c1cccc2c1CNC2=O. The number of hydrogen-bond acceptors (Lipinski definition) is 5. The number of fused-ring (bicyclic) bond motifs is 1. The van der Waals surface area contributed by atoms with E-state index < -0.39 is 18.2 Å². The Hall–Kier alpha value is -1.92. The van der Waals surface area contributed by atoms with Crippen molar-refractivity contribution in [3.05, 3.63) is 34.9 Å². The highest BCUT2D eigenvalue weighted by Gasteiger charge is 2.28. The summed E-state index contributed by atoms with van der Waals surface area (Å²) in [7, 11) is 1.21. The van der Waals surface area contributed by atoms with Crippen molar-refractivity contribution in [3.63, 3.8) is 0 Å². The summed E-state index contributed by atoms with van der Waals surface area (Å²) in [4.78, 5) is 22.6. The second-order valence-corrected chi connectivity index (χ2v) is 4.35. The maximum absolute atomic E-state index is 11.5. The zero-order valence-corrected chi connectivity index (χ0v) is 10.4. The monoisotopic (exact) mass is 265 g/mol. The number of aliphatic hydroxyl groups excluding tert-OH is 2. The van der Waals surface area contributed by atoms with Crippen molar-refractivity contribution < 1.29 is 24.5 Å². The Morgan fingerprint density at radius 1 is 1.47 bits per heavy atom. The van der Waals surface area contributed by atoms with Gasteiger partial charge in [0, 0.05) is 12.1 Å². The molecule has 0 aliphatic carbocycles. The first-order chi connectivity index (χ1) is 9.04. The maximum atomic E-state index is 11.5. The van der Waals surface area contributed by atoms with Gasteiger partial charge in [-0.25, -0.2) is 0 Å². The highest BCUT2D eigenvalue weighted by molar-refractivity contribution is 5.98. The van der Waals surface area contributed by atoms with Gasteiger partial charge in [-0.15, -0.1) is 0 Å². The maximum Gasteiger partial charge on any atom is 0.308 e. The zero-order valence-electron chi connectivity index (χ0n) is 10.4. The van der Waals surface area contributed by atoms with Crippen LogP contribution in [0.3, 0.4) is 0 Å². The number of benzene rings is 1. The summed E-state index contributed by atoms with van der Waals surface area (Å²) in [6, 6.07) is 4.91. The van der Waals surface area contributed by atoms with E-state index in [2.05, 4.69) is 10.1 Å². The molecule has 1 aromatic rings. The lowest BCUT2D eigenvalue weighted by Gasteiger charge is -2.19. The molecule has 19 heavy (non-hydrogen) atoms. The molecule has 2 atom stereocenters. The van der Waals surface area contributed by atoms with Crippen LogP contribution in [0.4, 0.5) is 0 Å². The van der Waals surface area contributed by atoms with Crippen LogP contribution in [0.15, 0.2) is 18.2 Å². The Bertz CT molecular complexity index is 514. The van der Waals surface area contributed by atoms with Crippen molar-refractivity contribution in [2.75, 3.05) is 7.11 Å². The molecule has 1 aliphatic heterocycles. The van der Waals surface area contributed by atoms with Gasteiger partial charge in [-0.1, -0.05) is 12.1 Å². The predicted molar refractivity (Wildman–Crippen MR) is 65.2 cm³/mol. The summed E-state index contributed by atoms with van der Waals surface area (Å²) >= 11 is 0. The summed E-state index contributed by atoms with van der Waals surface area (Å²) in [6.07, 6.45) is -2.81. The topological polar surface area (TPSA) is 95.9 Å². The molecule has 0 bridgehead atoms. The van der Waals surface area contributed by atoms with Gasteiger partial charge in [0.05, 0.1) is 19.6 Å². The van der Waals surface area contributed by atoms with Gasteiger partial charge in [0.1, 0.15) is 6.10 Å². The van der Waals surface area contributed by atoms with E-state index in [-0.39, 0.29) is 12.3 Å². The molecule has 0 fully saturated rings. The third-order valence-electron chi connectivity index (χ3n) is 3.17. The highest BCUT2D eigenvalue weighted by atomic mass is 16.5. The molecule has 0 radical (unpaired) electrons. The minimum Gasteiger partial charge on any atom is -0.469 e. The quantitative estimate of drug-likeness (QED) is 0.660. The van der Waals surface area contributed by atoms with Gasteiger partial charge in [0.25, 0.3) is 5.91 Å². The molecular formula is C13H15NO5. The minimum absolute atomic E-state index is 0.202. The molecule has 0 aromatic heterocycles. The van der Waals surface area contributed by atoms with Crippen LogP contribution in [-0.4, -0.2) is 35.3 Å². The molecule has 3 N–H and O–H groups in total. The molecule has 2 rings (SSSR count). The molecule has 0 spiro atoms. The number of amides is 1. The average Bonchev–Trinajstić information content (AvgIpc) is 2.79. The van der Waals surface area contributed by atoms with Crippen molar-refractivity contribution in [3.8, 4) is 0 Å². The van der Waals surface area contributed by atoms with Gasteiger partial charge in [-0.2, -0.15) is 0 Å². The van der Waals surface area contributed by atoms with E-state index in [0.717, 1.165) is 0 Å². The second kappa shape index (κ2) is 5.38. The van der Waals surface area contributed by atoms with Crippen molar-refractivity contribution in [2.24, 2.45) is 0 Å². The number of hydrogen-bond donors (Lipinski definition) is 3. The number of nitrogens with one attached hydrogen (secondary N) is 1. The lowest BCUT2D eigenvalue weighted by atomic mass is 9.95. The molecule has 1 amide bonds. The van der Waals surface area contributed by atoms with Crippen LogP contribution in [0.5, 0.6) is 0 Å². The standard InChI is InChI=1S/C13H15NO5/c1-19-11(16)5-10(15)12(17)7-3-2-4-8-9(7)6-14-13(8)18/h2-4,10,12,15,17H,5-6H2,1H3,(H,14,18). The fourth-order valence-corrected chi connectivity index (χ4v) is 2.13. The van der Waals surface area contributed by atoms with E-state index in [1.807, 2.05) is 0 Å². The number of esters is 1. The number of ether oxygens (including phenoxy) is 1. The summed E-state index contributed by atoms with van der Waals surface area (Å²) in [5.74, 6) is -0.806. The van der Waals surface area contributed by atoms with E-state index in [1.54, 1.807) is 18.2 Å². The van der Waals surface area contributed by atoms with Crippen molar-refractivity contribution in [1.29, 1.82) is 0 Å². The number of aliphatic hydroxyl groups is 2. The van der Waals surface area contributed by atoms with Gasteiger partial charge in [-0.3, -0.25) is 9.59 Å². The van der Waals surface area contributed by atoms with E-state index in [1.165, 1.54) is 7.11 Å². The molecular weight excluding hydrogens is 250 g/mol. The van der Waals surface area contributed by atoms with Crippen LogP contribution in [0.25, 0.3) is 0 Å². The van der Waals surface area contributed by atoms with E-state index >= 15 is 0 Å². The van der Waals surface area contributed by atoms with Gasteiger partial charge in [-0.05, 0) is 17.2 Å². The summed E-state index contributed by atoms with van der Waals surface area (Å²) in [5, 5.41) is 22.5. The Labute approximate surface area is 110 Å². The van der Waals surface area contributed by atoms with E-state index in [9.17, 15) is 19.8 Å². The molecule has 0 saturated heterocycles. The van der Waals surface area contributed by atoms with Crippen molar-refractivity contribution in [1.82, 2.24) is 5.32 Å². The Morgan fingerprint density at radius 2 is 2.21 bits per heavy atom. The Kier molecular flexibility index (Phi) is 3.82. The average molecular weight is 265 g/mol. The molecule has 1 aromatic carbocycles. The molecule has 0 saturated carbocycles. The normalized spacial score (nSPS) is 16.5.